The van der Waals surface area contributed by atoms with Crippen LogP contribution in [0.3, 0.4) is 0 Å². The van der Waals surface area contributed by atoms with Crippen LogP contribution >= 0.6 is 11.6 Å². The smallest absolute Gasteiger partial charge is 0.272 e. The molecule has 0 unspecified atom stereocenters. The van der Waals surface area contributed by atoms with Gasteiger partial charge in [-0.1, -0.05) is 48.9 Å². The van der Waals surface area contributed by atoms with E-state index in [4.69, 9.17) is 11.6 Å². The van der Waals surface area contributed by atoms with Crippen LogP contribution in [0.1, 0.15) is 54.2 Å². The Morgan fingerprint density at radius 1 is 1.29 bits per heavy atom. The Bertz CT molecular complexity index is 875. The molecule has 1 aromatic heterocycles. The van der Waals surface area contributed by atoms with Crippen molar-refractivity contribution in [1.29, 1.82) is 0 Å². The van der Waals surface area contributed by atoms with Gasteiger partial charge in [-0.05, 0) is 42.7 Å². The second kappa shape index (κ2) is 9.23. The minimum Gasteiger partial charge on any atom is -0.377 e. The van der Waals surface area contributed by atoms with Gasteiger partial charge in [-0.3, -0.25) is 9.78 Å². The summed E-state index contributed by atoms with van der Waals surface area (Å²) in [6.45, 7) is 3.07. The Morgan fingerprint density at radius 3 is 2.71 bits per heavy atom. The average molecular weight is 397 g/mol. The Kier molecular flexibility index (Phi) is 6.72. The van der Waals surface area contributed by atoms with Gasteiger partial charge in [0.1, 0.15) is 11.3 Å². The fourth-order valence-electron chi connectivity index (χ4n) is 3.20. The second-order valence-corrected chi connectivity index (χ2v) is 7.68. The maximum Gasteiger partial charge on any atom is 0.272 e. The number of pyridine rings is 1. The van der Waals surface area contributed by atoms with E-state index in [2.05, 4.69) is 23.7 Å². The number of aliphatic hydroxyl groups is 1. The topological polar surface area (TPSA) is 53.4 Å². The zero-order valence-corrected chi connectivity index (χ0v) is 16.9. The molecule has 4 nitrogen and oxygen atoms in total. The first-order valence-corrected chi connectivity index (χ1v) is 10.1. The van der Waals surface area contributed by atoms with Gasteiger partial charge in [-0.2, -0.15) is 0 Å². The van der Waals surface area contributed by atoms with E-state index in [-0.39, 0.29) is 5.91 Å². The summed E-state index contributed by atoms with van der Waals surface area (Å²) in [5.41, 5.74) is 1.29. The number of aromatic nitrogens is 1. The van der Waals surface area contributed by atoms with Crippen molar-refractivity contribution in [3.8, 4) is 11.8 Å². The predicted molar refractivity (Wildman–Crippen MR) is 111 cm³/mol. The molecule has 0 aliphatic carbocycles. The van der Waals surface area contributed by atoms with E-state index in [1.165, 1.54) is 0 Å². The van der Waals surface area contributed by atoms with Crippen LogP contribution in [0, 0.1) is 11.8 Å². The standard InChI is InChI=1S/C23H25ClN2O2/c1-2-3-5-19-8-9-21(25-17-19)22(27)26-14-12-23(28,13-15-26)11-10-18-6-4-7-20(24)16-18/h4,6-9,16-17,28H,2-3,5,12-15H2,1H3. The first kappa shape index (κ1) is 20.4. The summed E-state index contributed by atoms with van der Waals surface area (Å²) in [5, 5.41) is 11.3. The van der Waals surface area contributed by atoms with E-state index in [0.29, 0.717) is 36.6 Å². The molecular weight excluding hydrogens is 372 g/mol. The molecule has 1 aromatic carbocycles. The lowest BCUT2D eigenvalue weighted by Gasteiger charge is -2.34. The summed E-state index contributed by atoms with van der Waals surface area (Å²) in [6.07, 6.45) is 5.87. The highest BCUT2D eigenvalue weighted by molar-refractivity contribution is 6.30. The first-order chi connectivity index (χ1) is 13.5. The lowest BCUT2D eigenvalue weighted by Crippen LogP contribution is -2.46. The van der Waals surface area contributed by atoms with Gasteiger partial charge in [0.2, 0.25) is 0 Å². The summed E-state index contributed by atoms with van der Waals surface area (Å²) in [4.78, 5) is 18.8. The number of aryl methyl sites for hydroxylation is 1. The van der Waals surface area contributed by atoms with Crippen LogP contribution < -0.4 is 0 Å². The van der Waals surface area contributed by atoms with Crippen molar-refractivity contribution in [2.45, 2.75) is 44.6 Å². The zero-order valence-electron chi connectivity index (χ0n) is 16.1. The average Bonchev–Trinajstić information content (AvgIpc) is 2.71. The fraction of sp³-hybridized carbons (Fsp3) is 0.391. The van der Waals surface area contributed by atoms with Gasteiger partial charge in [-0.25, -0.2) is 0 Å². The van der Waals surface area contributed by atoms with Gasteiger partial charge in [0.05, 0.1) is 0 Å². The summed E-state index contributed by atoms with van der Waals surface area (Å²) in [6, 6.07) is 11.0. The van der Waals surface area contributed by atoms with Gasteiger partial charge in [-0.15, -0.1) is 0 Å². The number of hydrogen-bond acceptors (Lipinski definition) is 3. The molecule has 3 rings (SSSR count). The molecule has 2 heterocycles. The molecule has 1 fully saturated rings. The van der Waals surface area contributed by atoms with E-state index in [1.807, 2.05) is 18.2 Å². The third kappa shape index (κ3) is 5.34. The number of likely N-dealkylation sites (tertiary alicyclic amines) is 1. The highest BCUT2D eigenvalue weighted by Gasteiger charge is 2.33. The Morgan fingerprint density at radius 2 is 2.07 bits per heavy atom. The monoisotopic (exact) mass is 396 g/mol. The first-order valence-electron chi connectivity index (χ1n) is 9.74. The number of unbranched alkanes of at least 4 members (excludes halogenated alkanes) is 1. The van der Waals surface area contributed by atoms with Gasteiger partial charge in [0.25, 0.3) is 5.91 Å². The number of rotatable bonds is 4. The molecule has 0 radical (unpaired) electrons. The fourth-order valence-corrected chi connectivity index (χ4v) is 3.39. The number of halogens is 1. The minimum absolute atomic E-state index is 0.0908. The van der Waals surface area contributed by atoms with Crippen molar-refractivity contribution in [2.24, 2.45) is 0 Å². The number of benzene rings is 1. The van der Waals surface area contributed by atoms with Crippen molar-refractivity contribution < 1.29 is 9.90 Å². The van der Waals surface area contributed by atoms with Gasteiger partial charge < -0.3 is 10.0 Å². The van der Waals surface area contributed by atoms with Crippen LogP contribution in [0.15, 0.2) is 42.6 Å². The maximum absolute atomic E-state index is 12.7. The molecule has 5 heteroatoms. The third-order valence-corrected chi connectivity index (χ3v) is 5.24. The highest BCUT2D eigenvalue weighted by atomic mass is 35.5. The van der Waals surface area contributed by atoms with E-state index >= 15 is 0 Å². The van der Waals surface area contributed by atoms with E-state index in [0.717, 1.165) is 30.4 Å². The van der Waals surface area contributed by atoms with Crippen LogP contribution in [0.4, 0.5) is 0 Å². The van der Waals surface area contributed by atoms with E-state index < -0.39 is 5.60 Å². The van der Waals surface area contributed by atoms with Crippen molar-refractivity contribution in [3.63, 3.8) is 0 Å². The molecule has 0 atom stereocenters. The molecule has 2 aromatic rings. The molecule has 1 aliphatic rings. The van der Waals surface area contributed by atoms with Gasteiger partial charge in [0, 0.05) is 42.7 Å². The Hall–Kier alpha value is -2.35. The molecule has 1 N–H and O–H groups in total. The number of carbonyl (C=O) groups is 1. The second-order valence-electron chi connectivity index (χ2n) is 7.24. The molecule has 28 heavy (non-hydrogen) atoms. The molecule has 146 valence electrons. The van der Waals surface area contributed by atoms with Crippen molar-refractivity contribution in [1.82, 2.24) is 9.88 Å². The van der Waals surface area contributed by atoms with Crippen molar-refractivity contribution >= 4 is 17.5 Å². The van der Waals surface area contributed by atoms with Crippen LogP contribution in [-0.2, 0) is 6.42 Å². The summed E-state index contributed by atoms with van der Waals surface area (Å²) in [7, 11) is 0. The Labute approximate surface area is 171 Å². The van der Waals surface area contributed by atoms with E-state index in [1.54, 1.807) is 29.3 Å². The summed E-state index contributed by atoms with van der Waals surface area (Å²) < 4.78 is 0. The molecule has 1 saturated heterocycles. The van der Waals surface area contributed by atoms with Crippen molar-refractivity contribution in [3.05, 3.63) is 64.4 Å². The van der Waals surface area contributed by atoms with Crippen molar-refractivity contribution in [2.75, 3.05) is 13.1 Å². The van der Waals surface area contributed by atoms with E-state index in [9.17, 15) is 9.90 Å². The maximum atomic E-state index is 12.7. The van der Waals surface area contributed by atoms with Gasteiger partial charge >= 0.3 is 0 Å². The molecule has 0 bridgehead atoms. The number of piperidine rings is 1. The summed E-state index contributed by atoms with van der Waals surface area (Å²) >= 11 is 5.97. The SMILES string of the molecule is CCCCc1ccc(C(=O)N2CCC(O)(C#Cc3cccc(Cl)c3)CC2)nc1. The summed E-state index contributed by atoms with van der Waals surface area (Å²) in [5.74, 6) is 5.86. The molecule has 0 saturated carbocycles. The predicted octanol–water partition coefficient (Wildman–Crippen LogP) is 4.10. The third-order valence-electron chi connectivity index (χ3n) is 5.00. The largest absolute Gasteiger partial charge is 0.377 e. The van der Waals surface area contributed by atoms with Crippen LogP contribution in [0.25, 0.3) is 0 Å². The lowest BCUT2D eigenvalue weighted by atomic mass is 9.91. The number of carbonyl (C=O) groups excluding carboxylic acids is 1. The zero-order chi connectivity index (χ0) is 20.0. The molecule has 0 spiro atoms. The minimum atomic E-state index is -1.09. The number of amides is 1. The quantitative estimate of drug-likeness (QED) is 0.791. The number of nitrogens with zero attached hydrogens (tertiary/aromatic N) is 2. The Balaban J connectivity index is 1.59. The molecule has 1 amide bonds. The molecule has 1 aliphatic heterocycles. The highest BCUT2D eigenvalue weighted by Crippen LogP contribution is 2.23. The van der Waals surface area contributed by atoms with Gasteiger partial charge in [0.15, 0.2) is 0 Å². The number of hydrogen-bond donors (Lipinski definition) is 1. The van der Waals surface area contributed by atoms with Crippen LogP contribution in [-0.4, -0.2) is 39.6 Å². The molecular formula is C23H25ClN2O2. The van der Waals surface area contributed by atoms with Crippen LogP contribution in [0.2, 0.25) is 5.02 Å². The normalized spacial score (nSPS) is 15.6. The van der Waals surface area contributed by atoms with Crippen LogP contribution in [0.5, 0.6) is 0 Å². The lowest BCUT2D eigenvalue weighted by molar-refractivity contribution is 0.0246.